The fourth-order valence-electron chi connectivity index (χ4n) is 4.46. The molecule has 0 unspecified atom stereocenters. The van der Waals surface area contributed by atoms with Crippen molar-refractivity contribution < 1.29 is 27.4 Å². The van der Waals surface area contributed by atoms with Crippen molar-refractivity contribution in [3.63, 3.8) is 0 Å². The summed E-state index contributed by atoms with van der Waals surface area (Å²) in [5.41, 5.74) is 2.05. The molecule has 8 nitrogen and oxygen atoms in total. The number of likely N-dealkylation sites (N-methyl/N-ethyl adjacent to an activating group) is 1. The second-order valence-electron chi connectivity index (χ2n) is 10.0. The van der Waals surface area contributed by atoms with E-state index in [2.05, 4.69) is 5.32 Å². The van der Waals surface area contributed by atoms with Crippen LogP contribution in [-0.2, 0) is 10.0 Å². The predicted molar refractivity (Wildman–Crippen MR) is 154 cm³/mol. The number of halogens is 1. The molecule has 2 amide bonds. The predicted octanol–water partition coefficient (Wildman–Crippen LogP) is 4.93. The van der Waals surface area contributed by atoms with Crippen LogP contribution in [0.25, 0.3) is 12.2 Å². The number of urea groups is 1. The second kappa shape index (κ2) is 12.6. The van der Waals surface area contributed by atoms with E-state index in [-0.39, 0.29) is 36.3 Å². The maximum atomic E-state index is 13.7. The van der Waals surface area contributed by atoms with Crippen molar-refractivity contribution >= 4 is 33.9 Å². The van der Waals surface area contributed by atoms with Gasteiger partial charge in [-0.3, -0.25) is 0 Å². The van der Waals surface area contributed by atoms with Gasteiger partial charge in [-0.15, -0.1) is 0 Å². The number of ether oxygens (including phenoxy) is 1. The summed E-state index contributed by atoms with van der Waals surface area (Å²) in [6.07, 6.45) is 3.21. The van der Waals surface area contributed by atoms with Crippen LogP contribution >= 0.6 is 0 Å². The SMILES string of the molecule is C[C@@H]1CN([C@H](C)CO)S(=O)(=O)c2ccc(/C=C/c3ccccc3)cc2O[C@@H]1CN(C)C(=O)Nc1cccc(F)c1. The number of hydrogen-bond donors (Lipinski definition) is 2. The van der Waals surface area contributed by atoms with Crippen LogP contribution < -0.4 is 10.1 Å². The Bertz CT molecular complexity index is 1470. The molecule has 0 aromatic heterocycles. The summed E-state index contributed by atoms with van der Waals surface area (Å²) < 4.78 is 48.6. The second-order valence-corrected chi connectivity index (χ2v) is 11.9. The van der Waals surface area contributed by atoms with Crippen LogP contribution in [0.4, 0.5) is 14.9 Å². The minimum Gasteiger partial charge on any atom is -0.487 e. The number of anilines is 1. The van der Waals surface area contributed by atoms with Crippen molar-refractivity contribution in [2.45, 2.75) is 30.9 Å². The number of amides is 2. The summed E-state index contributed by atoms with van der Waals surface area (Å²) in [5, 5.41) is 12.5. The van der Waals surface area contributed by atoms with Gasteiger partial charge in [0, 0.05) is 31.2 Å². The number of fused-ring (bicyclic) bond motifs is 1. The van der Waals surface area contributed by atoms with Crippen LogP contribution in [0.1, 0.15) is 25.0 Å². The molecule has 0 saturated heterocycles. The van der Waals surface area contributed by atoms with E-state index >= 15 is 0 Å². The minimum atomic E-state index is -3.99. The van der Waals surface area contributed by atoms with Crippen molar-refractivity contribution in [1.82, 2.24) is 9.21 Å². The van der Waals surface area contributed by atoms with E-state index < -0.39 is 34.0 Å². The van der Waals surface area contributed by atoms with Gasteiger partial charge in [0.25, 0.3) is 0 Å². The summed E-state index contributed by atoms with van der Waals surface area (Å²) in [6, 6.07) is 19.1. The van der Waals surface area contributed by atoms with E-state index in [9.17, 15) is 22.7 Å². The monoisotopic (exact) mass is 567 g/mol. The molecule has 3 aromatic rings. The molecule has 212 valence electrons. The zero-order chi connectivity index (χ0) is 28.9. The van der Waals surface area contributed by atoms with Gasteiger partial charge in [0.05, 0.1) is 13.2 Å². The van der Waals surface area contributed by atoms with Crippen LogP contribution in [0.5, 0.6) is 5.75 Å². The number of carbonyl (C=O) groups is 1. The summed E-state index contributed by atoms with van der Waals surface area (Å²) in [4.78, 5) is 14.3. The summed E-state index contributed by atoms with van der Waals surface area (Å²) in [6.45, 7) is 3.37. The van der Waals surface area contributed by atoms with Crippen LogP contribution in [0.3, 0.4) is 0 Å². The van der Waals surface area contributed by atoms with Crippen LogP contribution in [0.15, 0.2) is 77.7 Å². The van der Waals surface area contributed by atoms with Crippen molar-refractivity contribution in [2.24, 2.45) is 5.92 Å². The number of rotatable bonds is 7. The van der Waals surface area contributed by atoms with Crippen LogP contribution in [-0.4, -0.2) is 67.7 Å². The van der Waals surface area contributed by atoms with Crippen molar-refractivity contribution in [3.05, 3.63) is 89.7 Å². The fraction of sp³-hybridized carbons (Fsp3) is 0.300. The summed E-state index contributed by atoms with van der Waals surface area (Å²) in [7, 11) is -2.40. The van der Waals surface area contributed by atoms with Crippen molar-refractivity contribution in [2.75, 3.05) is 32.1 Å². The van der Waals surface area contributed by atoms with Gasteiger partial charge in [-0.05, 0) is 48.4 Å². The van der Waals surface area contributed by atoms with E-state index in [1.165, 1.54) is 33.5 Å². The van der Waals surface area contributed by atoms with E-state index in [1.807, 2.05) is 49.4 Å². The Morgan fingerprint density at radius 2 is 1.85 bits per heavy atom. The molecule has 3 atom stereocenters. The largest absolute Gasteiger partial charge is 0.487 e. The molecule has 1 aliphatic rings. The molecular formula is C30H34FN3O5S. The lowest BCUT2D eigenvalue weighted by molar-refractivity contribution is 0.0830. The minimum absolute atomic E-state index is 0.00609. The zero-order valence-corrected chi connectivity index (χ0v) is 23.5. The lowest BCUT2D eigenvalue weighted by Crippen LogP contribution is -2.50. The Morgan fingerprint density at radius 3 is 2.55 bits per heavy atom. The average molecular weight is 568 g/mol. The highest BCUT2D eigenvalue weighted by Gasteiger charge is 2.38. The van der Waals surface area contributed by atoms with Gasteiger partial charge in [-0.1, -0.05) is 61.5 Å². The number of carbonyl (C=O) groups excluding carboxylic acids is 1. The lowest BCUT2D eigenvalue weighted by Gasteiger charge is -2.37. The first kappa shape index (κ1) is 29.3. The van der Waals surface area contributed by atoms with Gasteiger partial charge in [0.2, 0.25) is 10.0 Å². The molecule has 0 radical (unpaired) electrons. The number of benzene rings is 3. The first-order chi connectivity index (χ1) is 19.1. The molecule has 40 heavy (non-hydrogen) atoms. The summed E-state index contributed by atoms with van der Waals surface area (Å²) in [5.74, 6) is -0.642. The van der Waals surface area contributed by atoms with Gasteiger partial charge < -0.3 is 20.1 Å². The Kier molecular flexibility index (Phi) is 9.24. The molecule has 4 rings (SSSR count). The average Bonchev–Trinajstić information content (AvgIpc) is 2.93. The van der Waals surface area contributed by atoms with Gasteiger partial charge in [0.1, 0.15) is 22.6 Å². The Labute approximate surface area is 234 Å². The highest BCUT2D eigenvalue weighted by atomic mass is 32.2. The first-order valence-electron chi connectivity index (χ1n) is 13.0. The molecule has 1 heterocycles. The van der Waals surface area contributed by atoms with Crippen LogP contribution in [0.2, 0.25) is 0 Å². The fourth-order valence-corrected chi connectivity index (χ4v) is 6.28. The Morgan fingerprint density at radius 1 is 1.12 bits per heavy atom. The number of nitrogens with zero attached hydrogens (tertiary/aromatic N) is 2. The maximum absolute atomic E-state index is 13.7. The van der Waals surface area contributed by atoms with Gasteiger partial charge in [-0.25, -0.2) is 17.6 Å². The lowest BCUT2D eigenvalue weighted by atomic mass is 10.0. The highest BCUT2D eigenvalue weighted by Crippen LogP contribution is 2.34. The molecule has 0 saturated carbocycles. The molecule has 3 aromatic carbocycles. The maximum Gasteiger partial charge on any atom is 0.321 e. The molecule has 10 heteroatoms. The molecule has 0 fully saturated rings. The molecule has 1 aliphatic heterocycles. The van der Waals surface area contributed by atoms with Crippen LogP contribution in [0, 0.1) is 11.7 Å². The number of sulfonamides is 1. The smallest absolute Gasteiger partial charge is 0.321 e. The standard InChI is InChI=1S/C30H34FN3O5S/c1-21-18-34(22(2)20-35)40(37,38)29-15-14-24(13-12-23-8-5-4-6-9-23)16-27(29)39-28(21)19-33(3)30(36)32-26-11-7-10-25(31)17-26/h4-17,21-22,28,35H,18-20H2,1-3H3,(H,32,36)/b13-12+/t21-,22-,28-/m1/s1. The number of aliphatic hydroxyl groups is 1. The molecular weight excluding hydrogens is 533 g/mol. The van der Waals surface area contributed by atoms with Gasteiger partial charge in [-0.2, -0.15) is 4.31 Å². The zero-order valence-electron chi connectivity index (χ0n) is 22.7. The quantitative estimate of drug-likeness (QED) is 0.395. The normalized spacial score (nSPS) is 19.6. The van der Waals surface area contributed by atoms with Gasteiger partial charge in [0.15, 0.2) is 0 Å². The molecule has 2 N–H and O–H groups in total. The molecule has 0 bridgehead atoms. The Balaban J connectivity index is 1.65. The molecule has 0 aliphatic carbocycles. The van der Waals surface area contributed by atoms with Crippen molar-refractivity contribution in [1.29, 1.82) is 0 Å². The topological polar surface area (TPSA) is 99.2 Å². The third-order valence-electron chi connectivity index (χ3n) is 6.84. The Hall–Kier alpha value is -3.73. The summed E-state index contributed by atoms with van der Waals surface area (Å²) >= 11 is 0. The number of nitrogens with one attached hydrogen (secondary N) is 1. The number of hydrogen-bond acceptors (Lipinski definition) is 5. The third kappa shape index (κ3) is 6.88. The van der Waals surface area contributed by atoms with Gasteiger partial charge >= 0.3 is 6.03 Å². The molecule has 0 spiro atoms. The highest BCUT2D eigenvalue weighted by molar-refractivity contribution is 7.89. The number of aliphatic hydroxyl groups excluding tert-OH is 1. The van der Waals surface area contributed by atoms with E-state index in [4.69, 9.17) is 4.74 Å². The van der Waals surface area contributed by atoms with E-state index in [0.29, 0.717) is 5.69 Å². The third-order valence-corrected chi connectivity index (χ3v) is 8.85. The van der Waals surface area contributed by atoms with E-state index in [0.717, 1.165) is 11.1 Å². The van der Waals surface area contributed by atoms with E-state index in [1.54, 1.807) is 32.2 Å². The first-order valence-corrected chi connectivity index (χ1v) is 14.5. The van der Waals surface area contributed by atoms with Crippen molar-refractivity contribution in [3.8, 4) is 5.75 Å².